The van der Waals surface area contributed by atoms with Crippen LogP contribution in [0.15, 0.2) is 35.6 Å². The number of aryl methyl sites for hydroxylation is 1. The average Bonchev–Trinajstić information content (AvgIpc) is 2.68. The van der Waals surface area contributed by atoms with Gasteiger partial charge in [-0.25, -0.2) is 13.1 Å². The summed E-state index contributed by atoms with van der Waals surface area (Å²) in [5.74, 6) is -0.0141. The first-order valence-corrected chi connectivity index (χ1v) is 6.65. The van der Waals surface area contributed by atoms with Gasteiger partial charge in [-0.1, -0.05) is 0 Å². The number of nitrogens with one attached hydrogen (secondary N) is 1. The van der Waals surface area contributed by atoms with Crippen molar-refractivity contribution in [2.45, 2.75) is 11.4 Å². The van der Waals surface area contributed by atoms with Gasteiger partial charge in [0.25, 0.3) is 0 Å². The molecule has 8 heteroatoms. The number of nitrogen functional groups attached to an aromatic ring is 1. The zero-order valence-corrected chi connectivity index (χ0v) is 10.6. The van der Waals surface area contributed by atoms with Crippen LogP contribution >= 0.6 is 0 Å². The molecule has 18 heavy (non-hydrogen) atoms. The van der Waals surface area contributed by atoms with E-state index in [0.29, 0.717) is 0 Å². The number of pyridine rings is 1. The standard InChI is InChI=1S/C10H13N5O2S/c1-15-7-9(10(11)14-15)18(16,17)13-6-8-2-4-12-5-3-8/h2-5,7,13H,6H2,1H3,(H2,11,14). The molecule has 7 nitrogen and oxygen atoms in total. The number of hydrogen-bond donors (Lipinski definition) is 2. The van der Waals surface area contributed by atoms with Crippen LogP contribution in [0, 0.1) is 0 Å². The fourth-order valence-corrected chi connectivity index (χ4v) is 2.57. The van der Waals surface area contributed by atoms with Crippen molar-refractivity contribution in [2.75, 3.05) is 5.73 Å². The molecule has 3 N–H and O–H groups in total. The van der Waals surface area contributed by atoms with Gasteiger partial charge in [0.05, 0.1) is 0 Å². The first kappa shape index (κ1) is 12.5. The summed E-state index contributed by atoms with van der Waals surface area (Å²) >= 11 is 0. The third-order valence-corrected chi connectivity index (χ3v) is 3.75. The quantitative estimate of drug-likeness (QED) is 0.803. The molecule has 0 aliphatic rings. The van der Waals surface area contributed by atoms with Gasteiger partial charge in [-0.15, -0.1) is 0 Å². The van der Waals surface area contributed by atoms with E-state index in [1.165, 1.54) is 10.9 Å². The lowest BCUT2D eigenvalue weighted by Gasteiger charge is -2.05. The number of nitrogens with two attached hydrogens (primary N) is 1. The molecule has 0 atom stereocenters. The molecule has 0 radical (unpaired) electrons. The Labute approximate surface area is 105 Å². The first-order valence-electron chi connectivity index (χ1n) is 5.17. The Bertz CT molecular complexity index is 636. The van der Waals surface area contributed by atoms with Crippen LogP contribution in [0.3, 0.4) is 0 Å². The smallest absolute Gasteiger partial charge is 0.246 e. The van der Waals surface area contributed by atoms with Gasteiger partial charge in [0.2, 0.25) is 10.0 Å². The molecular formula is C10H13N5O2S. The molecule has 0 saturated carbocycles. The van der Waals surface area contributed by atoms with Crippen LogP contribution in [0.5, 0.6) is 0 Å². The molecule has 2 rings (SSSR count). The highest BCUT2D eigenvalue weighted by atomic mass is 32.2. The fraction of sp³-hybridized carbons (Fsp3) is 0.200. The third-order valence-electron chi connectivity index (χ3n) is 2.33. The summed E-state index contributed by atoms with van der Waals surface area (Å²) in [6.07, 6.45) is 4.56. The highest BCUT2D eigenvalue weighted by Gasteiger charge is 2.20. The minimum absolute atomic E-state index is 0.0141. The maximum atomic E-state index is 12.0. The predicted molar refractivity (Wildman–Crippen MR) is 65.9 cm³/mol. The van der Waals surface area contributed by atoms with E-state index in [0.717, 1.165) is 5.56 Å². The third kappa shape index (κ3) is 2.66. The first-order chi connectivity index (χ1) is 8.49. The Morgan fingerprint density at radius 2 is 2.06 bits per heavy atom. The van der Waals surface area contributed by atoms with E-state index in [2.05, 4.69) is 14.8 Å². The number of aromatic nitrogens is 3. The summed E-state index contributed by atoms with van der Waals surface area (Å²) < 4.78 is 27.8. The predicted octanol–water partition coefficient (Wildman–Crippen LogP) is -0.124. The Morgan fingerprint density at radius 3 is 2.61 bits per heavy atom. The van der Waals surface area contributed by atoms with Gasteiger partial charge in [-0.3, -0.25) is 9.67 Å². The van der Waals surface area contributed by atoms with Crippen molar-refractivity contribution >= 4 is 15.8 Å². The molecule has 0 aliphatic carbocycles. The van der Waals surface area contributed by atoms with Gasteiger partial charge >= 0.3 is 0 Å². The molecular weight excluding hydrogens is 254 g/mol. The van der Waals surface area contributed by atoms with E-state index in [4.69, 9.17) is 5.73 Å². The molecule has 0 fully saturated rings. The summed E-state index contributed by atoms with van der Waals surface area (Å²) in [6.45, 7) is 0.180. The molecule has 0 aliphatic heterocycles. The van der Waals surface area contributed by atoms with Crippen molar-refractivity contribution in [3.05, 3.63) is 36.3 Å². The second kappa shape index (κ2) is 4.75. The van der Waals surface area contributed by atoms with E-state index < -0.39 is 10.0 Å². The van der Waals surface area contributed by atoms with Gasteiger partial charge in [0.1, 0.15) is 4.90 Å². The zero-order valence-electron chi connectivity index (χ0n) is 9.74. The summed E-state index contributed by atoms with van der Waals surface area (Å²) in [7, 11) is -2.04. The summed E-state index contributed by atoms with van der Waals surface area (Å²) in [6, 6.07) is 3.46. The minimum atomic E-state index is -3.65. The number of sulfonamides is 1. The van der Waals surface area contributed by atoms with Gasteiger partial charge in [0.15, 0.2) is 5.82 Å². The van der Waals surface area contributed by atoms with Crippen LogP contribution in [-0.4, -0.2) is 23.2 Å². The van der Waals surface area contributed by atoms with Gasteiger partial charge in [0, 0.05) is 32.2 Å². The van der Waals surface area contributed by atoms with Crippen LogP contribution in [0.4, 0.5) is 5.82 Å². The van der Waals surface area contributed by atoms with Gasteiger partial charge in [-0.2, -0.15) is 5.10 Å². The van der Waals surface area contributed by atoms with Crippen LogP contribution < -0.4 is 10.5 Å². The molecule has 0 bridgehead atoms. The van der Waals surface area contributed by atoms with Crippen molar-refractivity contribution < 1.29 is 8.42 Å². The number of anilines is 1. The normalized spacial score (nSPS) is 11.6. The lowest BCUT2D eigenvalue weighted by molar-refractivity contribution is 0.581. The second-order valence-electron chi connectivity index (χ2n) is 3.73. The lowest BCUT2D eigenvalue weighted by Crippen LogP contribution is -2.23. The Hall–Kier alpha value is -1.93. The maximum Gasteiger partial charge on any atom is 0.246 e. The molecule has 2 aromatic rings. The van der Waals surface area contributed by atoms with Crippen LogP contribution in [-0.2, 0) is 23.6 Å². The van der Waals surface area contributed by atoms with Crippen molar-refractivity contribution in [2.24, 2.45) is 7.05 Å². The molecule has 0 unspecified atom stereocenters. The molecule has 0 aromatic carbocycles. The SMILES string of the molecule is Cn1cc(S(=O)(=O)NCc2ccncc2)c(N)n1. The molecule has 96 valence electrons. The molecule has 2 heterocycles. The largest absolute Gasteiger partial charge is 0.381 e. The van der Waals surface area contributed by atoms with Crippen LogP contribution in [0.2, 0.25) is 0 Å². The molecule has 2 aromatic heterocycles. The molecule has 0 saturated heterocycles. The molecule has 0 amide bonds. The van der Waals surface area contributed by atoms with Crippen molar-refractivity contribution in [3.63, 3.8) is 0 Å². The van der Waals surface area contributed by atoms with Crippen LogP contribution in [0.25, 0.3) is 0 Å². The summed E-state index contributed by atoms with van der Waals surface area (Å²) in [5.41, 5.74) is 6.35. The monoisotopic (exact) mass is 267 g/mol. The highest BCUT2D eigenvalue weighted by molar-refractivity contribution is 7.89. The number of hydrogen-bond acceptors (Lipinski definition) is 5. The minimum Gasteiger partial charge on any atom is -0.381 e. The Morgan fingerprint density at radius 1 is 1.39 bits per heavy atom. The zero-order chi connectivity index (χ0) is 13.2. The van der Waals surface area contributed by atoms with Gasteiger partial charge in [-0.05, 0) is 17.7 Å². The molecule has 0 spiro atoms. The van der Waals surface area contributed by atoms with Crippen molar-refractivity contribution in [1.82, 2.24) is 19.5 Å². The topological polar surface area (TPSA) is 103 Å². The lowest BCUT2D eigenvalue weighted by atomic mass is 10.3. The van der Waals surface area contributed by atoms with Crippen LogP contribution in [0.1, 0.15) is 5.56 Å². The average molecular weight is 267 g/mol. The highest BCUT2D eigenvalue weighted by Crippen LogP contribution is 2.15. The van der Waals surface area contributed by atoms with Crippen molar-refractivity contribution in [3.8, 4) is 0 Å². The Kier molecular flexibility index (Phi) is 3.30. The van der Waals surface area contributed by atoms with E-state index >= 15 is 0 Å². The maximum absolute atomic E-state index is 12.0. The number of nitrogens with zero attached hydrogens (tertiary/aromatic N) is 3. The van der Waals surface area contributed by atoms with E-state index in [9.17, 15) is 8.42 Å². The van der Waals surface area contributed by atoms with E-state index in [-0.39, 0.29) is 17.3 Å². The van der Waals surface area contributed by atoms with E-state index in [1.807, 2.05) is 0 Å². The fourth-order valence-electron chi connectivity index (χ4n) is 1.45. The second-order valence-corrected chi connectivity index (χ2v) is 5.47. The summed E-state index contributed by atoms with van der Waals surface area (Å²) in [5, 5.41) is 3.80. The summed E-state index contributed by atoms with van der Waals surface area (Å²) in [4.78, 5) is 3.84. The number of rotatable bonds is 4. The van der Waals surface area contributed by atoms with Gasteiger partial charge < -0.3 is 5.73 Å². The van der Waals surface area contributed by atoms with E-state index in [1.54, 1.807) is 31.6 Å². The Balaban J connectivity index is 2.16. The van der Waals surface area contributed by atoms with Crippen molar-refractivity contribution in [1.29, 1.82) is 0 Å².